The third-order valence-corrected chi connectivity index (χ3v) is 1.20. The molecule has 0 aromatic heterocycles. The zero-order chi connectivity index (χ0) is 7.82. The molecule has 0 saturated heterocycles. The van der Waals surface area contributed by atoms with Crippen molar-refractivity contribution in [2.75, 3.05) is 0 Å². The van der Waals surface area contributed by atoms with E-state index in [0.29, 0.717) is 0 Å². The standard InChI is InChI=1S/C8H17O2/c1-3-5-7-10-8(9)6-4-2/h7-9H,3-6H2,1-2H3. The molecule has 0 heterocycles. The Morgan fingerprint density at radius 3 is 2.60 bits per heavy atom. The molecule has 1 atom stereocenters. The van der Waals surface area contributed by atoms with Crippen LogP contribution in [0.1, 0.15) is 39.5 Å². The number of ether oxygens (including phenoxy) is 1. The molecule has 0 rings (SSSR count). The van der Waals surface area contributed by atoms with E-state index in [4.69, 9.17) is 9.84 Å². The van der Waals surface area contributed by atoms with E-state index < -0.39 is 6.29 Å². The minimum Gasteiger partial charge on any atom is -0.368 e. The third kappa shape index (κ3) is 6.05. The first-order valence-electron chi connectivity index (χ1n) is 3.96. The van der Waals surface area contributed by atoms with Gasteiger partial charge in [0.2, 0.25) is 0 Å². The number of hydrogen-bond acceptors (Lipinski definition) is 2. The van der Waals surface area contributed by atoms with Crippen LogP contribution in [0.2, 0.25) is 0 Å². The fourth-order valence-electron chi connectivity index (χ4n) is 0.612. The third-order valence-electron chi connectivity index (χ3n) is 1.20. The Hall–Kier alpha value is -0.0800. The van der Waals surface area contributed by atoms with Crippen molar-refractivity contribution in [3.63, 3.8) is 0 Å². The highest BCUT2D eigenvalue weighted by Crippen LogP contribution is 2.02. The van der Waals surface area contributed by atoms with Crippen molar-refractivity contribution in [3.8, 4) is 0 Å². The van der Waals surface area contributed by atoms with Crippen molar-refractivity contribution >= 4 is 0 Å². The van der Waals surface area contributed by atoms with Gasteiger partial charge in [0.15, 0.2) is 6.29 Å². The summed E-state index contributed by atoms with van der Waals surface area (Å²) >= 11 is 0. The highest BCUT2D eigenvalue weighted by Gasteiger charge is 2.00. The molecule has 0 saturated carbocycles. The van der Waals surface area contributed by atoms with E-state index in [1.807, 2.05) is 6.92 Å². The molecule has 1 radical (unpaired) electrons. The molecule has 0 aromatic rings. The van der Waals surface area contributed by atoms with Gasteiger partial charge < -0.3 is 9.84 Å². The predicted molar refractivity (Wildman–Crippen MR) is 41.2 cm³/mol. The van der Waals surface area contributed by atoms with Gasteiger partial charge in [-0.3, -0.25) is 0 Å². The molecule has 10 heavy (non-hydrogen) atoms. The van der Waals surface area contributed by atoms with Gasteiger partial charge in [-0.05, 0) is 12.8 Å². The average Bonchev–Trinajstić information content (AvgIpc) is 1.89. The summed E-state index contributed by atoms with van der Waals surface area (Å²) in [5, 5.41) is 9.02. The van der Waals surface area contributed by atoms with Crippen LogP contribution in [-0.2, 0) is 4.74 Å². The van der Waals surface area contributed by atoms with Gasteiger partial charge in [0.25, 0.3) is 0 Å². The summed E-state index contributed by atoms with van der Waals surface area (Å²) < 4.78 is 4.95. The summed E-state index contributed by atoms with van der Waals surface area (Å²) in [6.45, 7) is 5.78. The van der Waals surface area contributed by atoms with Crippen LogP contribution in [0.25, 0.3) is 0 Å². The molecule has 2 heteroatoms. The molecule has 0 aliphatic carbocycles. The molecular formula is C8H17O2. The van der Waals surface area contributed by atoms with Crippen LogP contribution >= 0.6 is 0 Å². The fraction of sp³-hybridized carbons (Fsp3) is 0.875. The first-order valence-corrected chi connectivity index (χ1v) is 3.96. The number of aliphatic hydroxyl groups excluding tert-OH is 1. The summed E-state index contributed by atoms with van der Waals surface area (Å²) in [4.78, 5) is 0. The molecule has 1 N–H and O–H groups in total. The van der Waals surface area contributed by atoms with Crippen LogP contribution in [0.5, 0.6) is 0 Å². The van der Waals surface area contributed by atoms with Crippen LogP contribution < -0.4 is 0 Å². The summed E-state index contributed by atoms with van der Waals surface area (Å²) in [6, 6.07) is 0. The van der Waals surface area contributed by atoms with Crippen LogP contribution in [0.4, 0.5) is 0 Å². The van der Waals surface area contributed by atoms with Gasteiger partial charge in [0.1, 0.15) is 0 Å². The average molecular weight is 145 g/mol. The molecule has 0 aliphatic rings. The van der Waals surface area contributed by atoms with Crippen LogP contribution in [0.3, 0.4) is 0 Å². The van der Waals surface area contributed by atoms with Gasteiger partial charge in [-0.1, -0.05) is 26.7 Å². The van der Waals surface area contributed by atoms with Gasteiger partial charge in [-0.2, -0.15) is 0 Å². The zero-order valence-corrected chi connectivity index (χ0v) is 6.84. The second-order valence-corrected chi connectivity index (χ2v) is 2.33. The van der Waals surface area contributed by atoms with Crippen LogP contribution in [-0.4, -0.2) is 11.4 Å². The lowest BCUT2D eigenvalue weighted by atomic mass is 10.3. The minimum atomic E-state index is -0.587. The highest BCUT2D eigenvalue weighted by atomic mass is 16.6. The van der Waals surface area contributed by atoms with E-state index >= 15 is 0 Å². The Morgan fingerprint density at radius 1 is 1.40 bits per heavy atom. The first kappa shape index (κ1) is 9.92. The van der Waals surface area contributed by atoms with Crippen molar-refractivity contribution in [1.82, 2.24) is 0 Å². The summed E-state index contributed by atoms with van der Waals surface area (Å²) in [6.07, 6.45) is 3.08. The van der Waals surface area contributed by atoms with E-state index in [1.165, 1.54) is 0 Å². The molecule has 0 fully saturated rings. The second-order valence-electron chi connectivity index (χ2n) is 2.33. The number of aliphatic hydroxyl groups is 1. The van der Waals surface area contributed by atoms with E-state index in [9.17, 15) is 0 Å². The van der Waals surface area contributed by atoms with E-state index in [2.05, 4.69) is 6.92 Å². The van der Waals surface area contributed by atoms with Crippen LogP contribution in [0.15, 0.2) is 0 Å². The van der Waals surface area contributed by atoms with Crippen molar-refractivity contribution < 1.29 is 9.84 Å². The molecule has 2 nitrogen and oxygen atoms in total. The van der Waals surface area contributed by atoms with Gasteiger partial charge in [-0.25, -0.2) is 0 Å². The highest BCUT2D eigenvalue weighted by molar-refractivity contribution is 4.50. The Balaban J connectivity index is 2.97. The van der Waals surface area contributed by atoms with Crippen molar-refractivity contribution in [2.45, 2.75) is 45.8 Å². The molecular weight excluding hydrogens is 128 g/mol. The smallest absolute Gasteiger partial charge is 0.155 e. The second kappa shape index (κ2) is 7.03. The normalized spacial score (nSPS) is 13.5. The lowest BCUT2D eigenvalue weighted by Crippen LogP contribution is -2.08. The number of hydrogen-bond donors (Lipinski definition) is 1. The van der Waals surface area contributed by atoms with Gasteiger partial charge >= 0.3 is 0 Å². The van der Waals surface area contributed by atoms with Crippen molar-refractivity contribution in [3.05, 3.63) is 6.61 Å². The largest absolute Gasteiger partial charge is 0.368 e. The van der Waals surface area contributed by atoms with Gasteiger partial charge in [0.05, 0.1) is 6.61 Å². The molecule has 0 spiro atoms. The maximum absolute atomic E-state index is 9.02. The summed E-state index contributed by atoms with van der Waals surface area (Å²) in [7, 11) is 0. The summed E-state index contributed by atoms with van der Waals surface area (Å²) in [5.41, 5.74) is 0. The lowest BCUT2D eigenvalue weighted by molar-refractivity contribution is -0.0773. The number of rotatable bonds is 6. The topological polar surface area (TPSA) is 29.5 Å². The first-order chi connectivity index (χ1) is 4.81. The maximum atomic E-state index is 9.02. The molecule has 0 aromatic carbocycles. The Kier molecular flexibility index (Phi) is 6.98. The molecule has 61 valence electrons. The predicted octanol–water partition coefficient (Wildman–Crippen LogP) is 2.08. The quantitative estimate of drug-likeness (QED) is 0.458. The van der Waals surface area contributed by atoms with Gasteiger partial charge in [0, 0.05) is 0 Å². The lowest BCUT2D eigenvalue weighted by Gasteiger charge is -2.08. The van der Waals surface area contributed by atoms with Crippen molar-refractivity contribution in [2.24, 2.45) is 0 Å². The van der Waals surface area contributed by atoms with Gasteiger partial charge in [-0.15, -0.1) is 0 Å². The Labute approximate surface area is 63.2 Å². The van der Waals surface area contributed by atoms with Crippen LogP contribution in [0, 0.1) is 6.61 Å². The van der Waals surface area contributed by atoms with Crippen molar-refractivity contribution in [1.29, 1.82) is 0 Å². The Morgan fingerprint density at radius 2 is 2.10 bits per heavy atom. The fourth-order valence-corrected chi connectivity index (χ4v) is 0.612. The molecule has 0 bridgehead atoms. The minimum absolute atomic E-state index is 0.587. The Bertz CT molecular complexity index is 64.3. The number of unbranched alkanes of at least 4 members (excludes halogenated alkanes) is 1. The molecule has 1 unspecified atom stereocenters. The SMILES string of the molecule is CCC[CH]OC(O)CCC. The summed E-state index contributed by atoms with van der Waals surface area (Å²) in [5.74, 6) is 0. The molecule has 0 aliphatic heterocycles. The monoisotopic (exact) mass is 145 g/mol. The van der Waals surface area contributed by atoms with E-state index in [0.717, 1.165) is 25.7 Å². The maximum Gasteiger partial charge on any atom is 0.155 e. The zero-order valence-electron chi connectivity index (χ0n) is 6.84. The molecule has 0 amide bonds. The van der Waals surface area contributed by atoms with E-state index in [1.54, 1.807) is 6.61 Å². The van der Waals surface area contributed by atoms with E-state index in [-0.39, 0.29) is 0 Å².